The molecular weight excluding hydrogens is 244 g/mol. The Morgan fingerprint density at radius 1 is 1.26 bits per heavy atom. The zero-order valence-corrected chi connectivity index (χ0v) is 12.1. The van der Waals surface area contributed by atoms with Crippen molar-refractivity contribution in [2.45, 2.75) is 39.7 Å². The van der Waals surface area contributed by atoms with E-state index in [4.69, 9.17) is 14.2 Å². The van der Waals surface area contributed by atoms with Crippen molar-refractivity contribution >= 4 is 5.97 Å². The smallest absolute Gasteiger partial charge is 0.310 e. The summed E-state index contributed by atoms with van der Waals surface area (Å²) in [5, 5.41) is 0. The molecule has 0 spiro atoms. The van der Waals surface area contributed by atoms with Crippen LogP contribution in [0.25, 0.3) is 0 Å². The number of rotatable bonds is 7. The molecule has 0 heterocycles. The fourth-order valence-electron chi connectivity index (χ4n) is 1.60. The molecule has 106 valence electrons. The first-order valence-corrected chi connectivity index (χ1v) is 6.59. The van der Waals surface area contributed by atoms with Gasteiger partial charge in [0.15, 0.2) is 11.5 Å². The molecule has 19 heavy (non-hydrogen) atoms. The van der Waals surface area contributed by atoms with Gasteiger partial charge in [0.05, 0.1) is 26.2 Å². The molecule has 4 nitrogen and oxygen atoms in total. The molecule has 0 N–H and O–H groups in total. The van der Waals surface area contributed by atoms with Gasteiger partial charge in [0.25, 0.3) is 0 Å². The van der Waals surface area contributed by atoms with E-state index >= 15 is 0 Å². The van der Waals surface area contributed by atoms with Gasteiger partial charge >= 0.3 is 5.97 Å². The molecule has 0 aliphatic heterocycles. The van der Waals surface area contributed by atoms with Crippen molar-refractivity contribution < 1.29 is 19.0 Å². The van der Waals surface area contributed by atoms with Crippen molar-refractivity contribution in [3.63, 3.8) is 0 Å². The van der Waals surface area contributed by atoms with Crippen LogP contribution in [0.3, 0.4) is 0 Å². The van der Waals surface area contributed by atoms with Gasteiger partial charge in [-0.1, -0.05) is 13.0 Å². The van der Waals surface area contributed by atoms with Crippen LogP contribution in [-0.4, -0.2) is 25.8 Å². The summed E-state index contributed by atoms with van der Waals surface area (Å²) in [5.74, 6) is 1.10. The summed E-state index contributed by atoms with van der Waals surface area (Å²) in [4.78, 5) is 11.4. The van der Waals surface area contributed by atoms with E-state index in [1.165, 1.54) is 0 Å². The van der Waals surface area contributed by atoms with Crippen molar-refractivity contribution in [2.24, 2.45) is 0 Å². The summed E-state index contributed by atoms with van der Waals surface area (Å²) in [6.07, 6.45) is 1.30. The molecule has 1 rings (SSSR count). The zero-order valence-electron chi connectivity index (χ0n) is 12.1. The van der Waals surface area contributed by atoms with Crippen LogP contribution in [0, 0.1) is 0 Å². The van der Waals surface area contributed by atoms with E-state index in [1.54, 1.807) is 14.0 Å². The standard InChI is InChI=1S/C15H22O4/c1-5-11(3)19-13-8-7-12(9-14(13)17-4)10-15(16)18-6-2/h7-9,11H,5-6,10H2,1-4H3/t11-/m1/s1. The average molecular weight is 266 g/mol. The van der Waals surface area contributed by atoms with Crippen molar-refractivity contribution in [1.29, 1.82) is 0 Å². The minimum Gasteiger partial charge on any atom is -0.493 e. The van der Waals surface area contributed by atoms with Gasteiger partial charge in [-0.3, -0.25) is 4.79 Å². The summed E-state index contributed by atoms with van der Waals surface area (Å²) >= 11 is 0. The number of hydrogen-bond acceptors (Lipinski definition) is 4. The number of esters is 1. The van der Waals surface area contributed by atoms with Crippen LogP contribution in [-0.2, 0) is 16.0 Å². The lowest BCUT2D eigenvalue weighted by Gasteiger charge is -2.16. The molecule has 0 saturated heterocycles. The van der Waals surface area contributed by atoms with Crippen LogP contribution in [0.15, 0.2) is 18.2 Å². The van der Waals surface area contributed by atoms with Crippen LogP contribution in [0.1, 0.15) is 32.8 Å². The number of carbonyl (C=O) groups excluding carboxylic acids is 1. The van der Waals surface area contributed by atoms with Crippen LogP contribution in [0.2, 0.25) is 0 Å². The Hall–Kier alpha value is -1.71. The Balaban J connectivity index is 2.80. The predicted molar refractivity (Wildman–Crippen MR) is 73.7 cm³/mol. The molecule has 0 aliphatic rings. The largest absolute Gasteiger partial charge is 0.493 e. The summed E-state index contributed by atoms with van der Waals surface area (Å²) in [7, 11) is 1.59. The van der Waals surface area contributed by atoms with Crippen molar-refractivity contribution in [3.05, 3.63) is 23.8 Å². The lowest BCUT2D eigenvalue weighted by molar-refractivity contribution is -0.142. The lowest BCUT2D eigenvalue weighted by atomic mass is 10.1. The summed E-state index contributed by atoms with van der Waals surface area (Å²) in [5.41, 5.74) is 0.854. The minimum atomic E-state index is -0.236. The van der Waals surface area contributed by atoms with E-state index in [0.717, 1.165) is 12.0 Å². The van der Waals surface area contributed by atoms with Gasteiger partial charge < -0.3 is 14.2 Å². The molecule has 0 aromatic heterocycles. The fourth-order valence-corrected chi connectivity index (χ4v) is 1.60. The summed E-state index contributed by atoms with van der Waals surface area (Å²) < 4.78 is 16.0. The van der Waals surface area contributed by atoms with Gasteiger partial charge in [-0.2, -0.15) is 0 Å². The highest BCUT2D eigenvalue weighted by Crippen LogP contribution is 2.29. The number of ether oxygens (including phenoxy) is 3. The molecule has 0 saturated carbocycles. The maximum atomic E-state index is 11.4. The molecule has 4 heteroatoms. The van der Waals surface area contributed by atoms with Crippen molar-refractivity contribution in [3.8, 4) is 11.5 Å². The first-order chi connectivity index (χ1) is 9.10. The van der Waals surface area contributed by atoms with Gasteiger partial charge in [-0.25, -0.2) is 0 Å². The number of methoxy groups -OCH3 is 1. The summed E-state index contributed by atoms with van der Waals surface area (Å²) in [6, 6.07) is 5.51. The fraction of sp³-hybridized carbons (Fsp3) is 0.533. The van der Waals surface area contributed by atoms with E-state index in [2.05, 4.69) is 6.92 Å². The van der Waals surface area contributed by atoms with Crippen molar-refractivity contribution in [1.82, 2.24) is 0 Å². The highest BCUT2D eigenvalue weighted by Gasteiger charge is 2.11. The third-order valence-electron chi connectivity index (χ3n) is 2.78. The second-order valence-corrected chi connectivity index (χ2v) is 4.30. The van der Waals surface area contributed by atoms with Gasteiger partial charge in [-0.15, -0.1) is 0 Å². The molecule has 0 amide bonds. The van der Waals surface area contributed by atoms with Gasteiger partial charge in [0, 0.05) is 0 Å². The van der Waals surface area contributed by atoms with Gasteiger partial charge in [-0.05, 0) is 38.0 Å². The van der Waals surface area contributed by atoms with E-state index in [1.807, 2.05) is 25.1 Å². The molecule has 0 fully saturated rings. The van der Waals surface area contributed by atoms with Gasteiger partial charge in [0.1, 0.15) is 0 Å². The van der Waals surface area contributed by atoms with Crippen LogP contribution in [0.5, 0.6) is 11.5 Å². The first kappa shape index (κ1) is 15.3. The second kappa shape index (κ2) is 7.67. The highest BCUT2D eigenvalue weighted by molar-refractivity contribution is 5.72. The molecule has 1 aromatic rings. The van der Waals surface area contributed by atoms with E-state index in [9.17, 15) is 4.79 Å². The number of hydrogen-bond donors (Lipinski definition) is 0. The SMILES string of the molecule is CCOC(=O)Cc1ccc(O[C@H](C)CC)c(OC)c1. The third kappa shape index (κ3) is 4.81. The monoisotopic (exact) mass is 266 g/mol. The Labute approximate surface area is 114 Å². The molecule has 0 aliphatic carbocycles. The van der Waals surface area contributed by atoms with Crippen LogP contribution in [0.4, 0.5) is 0 Å². The molecule has 0 unspecified atom stereocenters. The zero-order chi connectivity index (χ0) is 14.3. The Kier molecular flexibility index (Phi) is 6.19. The maximum Gasteiger partial charge on any atom is 0.310 e. The maximum absolute atomic E-state index is 11.4. The van der Waals surface area contributed by atoms with Gasteiger partial charge in [0.2, 0.25) is 0 Å². The van der Waals surface area contributed by atoms with E-state index in [-0.39, 0.29) is 18.5 Å². The molecule has 0 radical (unpaired) electrons. The first-order valence-electron chi connectivity index (χ1n) is 6.59. The van der Waals surface area contributed by atoms with Crippen LogP contribution >= 0.6 is 0 Å². The van der Waals surface area contributed by atoms with Crippen LogP contribution < -0.4 is 9.47 Å². The molecule has 1 aromatic carbocycles. The molecular formula is C15H22O4. The minimum absolute atomic E-state index is 0.129. The molecule has 1 atom stereocenters. The predicted octanol–water partition coefficient (Wildman–Crippen LogP) is 2.98. The Morgan fingerprint density at radius 2 is 2.00 bits per heavy atom. The van der Waals surface area contributed by atoms with Crippen molar-refractivity contribution in [2.75, 3.05) is 13.7 Å². The summed E-state index contributed by atoms with van der Waals surface area (Å²) in [6.45, 7) is 6.25. The Bertz CT molecular complexity index is 415. The average Bonchev–Trinajstić information content (AvgIpc) is 2.40. The quantitative estimate of drug-likeness (QED) is 0.712. The Morgan fingerprint density at radius 3 is 2.58 bits per heavy atom. The normalized spacial score (nSPS) is 11.8. The number of carbonyl (C=O) groups is 1. The highest BCUT2D eigenvalue weighted by atomic mass is 16.5. The second-order valence-electron chi connectivity index (χ2n) is 4.30. The number of benzene rings is 1. The topological polar surface area (TPSA) is 44.8 Å². The van der Waals surface area contributed by atoms with E-state index < -0.39 is 0 Å². The third-order valence-corrected chi connectivity index (χ3v) is 2.78. The molecule has 0 bridgehead atoms. The lowest BCUT2D eigenvalue weighted by Crippen LogP contribution is -2.11. The van der Waals surface area contributed by atoms with E-state index in [0.29, 0.717) is 18.1 Å².